The SMILES string of the molecule is Cc1cccc2c1N=C(Nc1ccc(C(C)C)cc1)NS2. The maximum atomic E-state index is 4.67. The van der Waals surface area contributed by atoms with E-state index in [9.17, 15) is 0 Å². The van der Waals surface area contributed by atoms with Crippen molar-refractivity contribution in [2.75, 3.05) is 5.32 Å². The summed E-state index contributed by atoms with van der Waals surface area (Å²) >= 11 is 1.59. The highest BCUT2D eigenvalue weighted by molar-refractivity contribution is 7.98. The molecule has 4 heteroatoms. The third kappa shape index (κ3) is 3.05. The van der Waals surface area contributed by atoms with Crippen molar-refractivity contribution in [3.05, 3.63) is 53.6 Å². The van der Waals surface area contributed by atoms with E-state index in [1.54, 1.807) is 11.9 Å². The number of benzene rings is 2. The Labute approximate surface area is 130 Å². The van der Waals surface area contributed by atoms with Crippen LogP contribution in [-0.4, -0.2) is 5.96 Å². The van der Waals surface area contributed by atoms with Crippen LogP contribution in [0.1, 0.15) is 30.9 Å². The first kappa shape index (κ1) is 14.0. The monoisotopic (exact) mass is 297 g/mol. The van der Waals surface area contributed by atoms with Crippen LogP contribution in [0.5, 0.6) is 0 Å². The normalized spacial score (nSPS) is 13.4. The van der Waals surface area contributed by atoms with E-state index in [4.69, 9.17) is 0 Å². The summed E-state index contributed by atoms with van der Waals surface area (Å²) in [7, 11) is 0. The van der Waals surface area contributed by atoms with Crippen LogP contribution in [0.25, 0.3) is 0 Å². The third-order valence-corrected chi connectivity index (χ3v) is 4.37. The molecule has 3 nitrogen and oxygen atoms in total. The van der Waals surface area contributed by atoms with E-state index in [-0.39, 0.29) is 0 Å². The van der Waals surface area contributed by atoms with Crippen LogP contribution in [0, 0.1) is 6.92 Å². The van der Waals surface area contributed by atoms with Gasteiger partial charge in [-0.05, 0) is 54.1 Å². The summed E-state index contributed by atoms with van der Waals surface area (Å²) in [6.07, 6.45) is 0. The van der Waals surface area contributed by atoms with Crippen LogP contribution in [0.3, 0.4) is 0 Å². The summed E-state index contributed by atoms with van der Waals surface area (Å²) in [5.74, 6) is 1.33. The van der Waals surface area contributed by atoms with E-state index in [2.05, 4.69) is 78.3 Å². The van der Waals surface area contributed by atoms with Gasteiger partial charge in [0.2, 0.25) is 5.96 Å². The lowest BCUT2D eigenvalue weighted by Crippen LogP contribution is -2.26. The number of nitrogens with one attached hydrogen (secondary N) is 2. The minimum atomic E-state index is 0.550. The molecule has 2 aromatic carbocycles. The van der Waals surface area contributed by atoms with Gasteiger partial charge in [0.1, 0.15) is 0 Å². The Hall–Kier alpha value is -1.94. The van der Waals surface area contributed by atoms with Crippen molar-refractivity contribution in [1.29, 1.82) is 0 Å². The molecule has 0 aromatic heterocycles. The first-order valence-corrected chi connectivity index (χ1v) is 7.93. The van der Waals surface area contributed by atoms with Gasteiger partial charge in [0.25, 0.3) is 0 Å². The summed E-state index contributed by atoms with van der Waals surface area (Å²) in [5.41, 5.74) is 4.62. The van der Waals surface area contributed by atoms with Gasteiger partial charge in [-0.1, -0.05) is 38.1 Å². The summed E-state index contributed by atoms with van der Waals surface area (Å²) in [6, 6.07) is 14.7. The van der Waals surface area contributed by atoms with Crippen LogP contribution in [0.2, 0.25) is 0 Å². The van der Waals surface area contributed by atoms with Gasteiger partial charge in [0, 0.05) is 5.69 Å². The number of para-hydroxylation sites is 1. The highest BCUT2D eigenvalue weighted by Gasteiger charge is 2.13. The van der Waals surface area contributed by atoms with Crippen molar-refractivity contribution >= 4 is 29.3 Å². The number of hydrogen-bond acceptors (Lipinski definition) is 4. The number of hydrogen-bond donors (Lipinski definition) is 2. The molecule has 3 rings (SSSR count). The van der Waals surface area contributed by atoms with Crippen molar-refractivity contribution in [3.63, 3.8) is 0 Å². The van der Waals surface area contributed by atoms with Crippen molar-refractivity contribution in [2.24, 2.45) is 4.99 Å². The third-order valence-electron chi connectivity index (χ3n) is 3.52. The lowest BCUT2D eigenvalue weighted by molar-refractivity contribution is 0.867. The van der Waals surface area contributed by atoms with E-state index in [1.165, 1.54) is 11.1 Å². The molecule has 2 aromatic rings. The van der Waals surface area contributed by atoms with E-state index in [0.29, 0.717) is 5.92 Å². The maximum Gasteiger partial charge on any atom is 0.211 e. The molecule has 1 aliphatic rings. The lowest BCUT2D eigenvalue weighted by Gasteiger charge is -2.19. The minimum absolute atomic E-state index is 0.550. The highest BCUT2D eigenvalue weighted by atomic mass is 32.2. The average molecular weight is 297 g/mol. The molecule has 0 saturated carbocycles. The Bertz CT molecular complexity index is 675. The van der Waals surface area contributed by atoms with E-state index in [1.807, 2.05) is 0 Å². The lowest BCUT2D eigenvalue weighted by atomic mass is 10.0. The molecule has 108 valence electrons. The molecule has 0 spiro atoms. The van der Waals surface area contributed by atoms with Gasteiger partial charge in [-0.15, -0.1) is 0 Å². The smallest absolute Gasteiger partial charge is 0.211 e. The Morgan fingerprint density at radius 2 is 1.86 bits per heavy atom. The highest BCUT2D eigenvalue weighted by Crippen LogP contribution is 2.34. The molecule has 0 unspecified atom stereocenters. The molecular weight excluding hydrogens is 278 g/mol. The van der Waals surface area contributed by atoms with Gasteiger partial charge in [0.05, 0.1) is 10.6 Å². The second-order valence-corrected chi connectivity index (χ2v) is 6.34. The Balaban J connectivity index is 1.81. The van der Waals surface area contributed by atoms with E-state index >= 15 is 0 Å². The van der Waals surface area contributed by atoms with Gasteiger partial charge >= 0.3 is 0 Å². The molecule has 1 aliphatic heterocycles. The van der Waals surface area contributed by atoms with Gasteiger partial charge in [-0.25, -0.2) is 4.99 Å². The number of anilines is 1. The zero-order chi connectivity index (χ0) is 14.8. The van der Waals surface area contributed by atoms with Gasteiger partial charge < -0.3 is 5.32 Å². The number of aryl methyl sites for hydroxylation is 1. The second kappa shape index (κ2) is 5.82. The van der Waals surface area contributed by atoms with E-state index < -0.39 is 0 Å². The topological polar surface area (TPSA) is 36.4 Å². The molecule has 0 fully saturated rings. The predicted molar refractivity (Wildman–Crippen MR) is 91.4 cm³/mol. The molecule has 21 heavy (non-hydrogen) atoms. The van der Waals surface area contributed by atoms with Crippen molar-refractivity contribution < 1.29 is 0 Å². The fraction of sp³-hybridized carbons (Fsp3) is 0.235. The molecule has 0 aliphatic carbocycles. The first-order chi connectivity index (χ1) is 10.1. The van der Waals surface area contributed by atoms with Crippen LogP contribution in [0.15, 0.2) is 52.4 Å². The second-order valence-electron chi connectivity index (χ2n) is 5.49. The van der Waals surface area contributed by atoms with Crippen LogP contribution < -0.4 is 10.0 Å². The molecule has 1 heterocycles. The number of aliphatic imine (C=N–C) groups is 1. The van der Waals surface area contributed by atoms with Crippen LogP contribution in [-0.2, 0) is 0 Å². The molecule has 0 radical (unpaired) electrons. The van der Waals surface area contributed by atoms with Crippen LogP contribution >= 0.6 is 11.9 Å². The maximum absolute atomic E-state index is 4.67. The minimum Gasteiger partial charge on any atom is -0.325 e. The molecule has 0 saturated heterocycles. The average Bonchev–Trinajstić information content (AvgIpc) is 2.49. The summed E-state index contributed by atoms with van der Waals surface area (Å²) in [4.78, 5) is 5.83. The predicted octanol–water partition coefficient (Wildman–Crippen LogP) is 4.83. The zero-order valence-electron chi connectivity index (χ0n) is 12.5. The fourth-order valence-corrected chi connectivity index (χ4v) is 2.99. The molecule has 0 atom stereocenters. The molecule has 0 amide bonds. The largest absolute Gasteiger partial charge is 0.325 e. The summed E-state index contributed by atoms with van der Waals surface area (Å²) in [6.45, 7) is 6.49. The van der Waals surface area contributed by atoms with E-state index in [0.717, 1.165) is 22.2 Å². The standard InChI is InChI=1S/C17H19N3S/c1-11(2)13-7-9-14(10-8-13)18-17-19-16-12(3)5-4-6-15(16)21-20-17/h4-11H,1-3H3,(H2,18,19,20). The first-order valence-electron chi connectivity index (χ1n) is 7.11. The van der Waals surface area contributed by atoms with Crippen molar-refractivity contribution in [1.82, 2.24) is 4.72 Å². The fourth-order valence-electron chi connectivity index (χ4n) is 2.24. The molecule has 0 bridgehead atoms. The quantitative estimate of drug-likeness (QED) is 0.780. The van der Waals surface area contributed by atoms with Gasteiger partial charge in [-0.2, -0.15) is 0 Å². The summed E-state index contributed by atoms with van der Waals surface area (Å²) in [5, 5.41) is 3.33. The Morgan fingerprint density at radius 1 is 1.10 bits per heavy atom. The summed E-state index contributed by atoms with van der Waals surface area (Å²) < 4.78 is 3.24. The van der Waals surface area contributed by atoms with Crippen molar-refractivity contribution in [3.8, 4) is 0 Å². The number of rotatable bonds is 2. The number of guanidine groups is 1. The zero-order valence-corrected chi connectivity index (χ0v) is 13.3. The molecule has 2 N–H and O–H groups in total. The Kier molecular flexibility index (Phi) is 3.88. The number of fused-ring (bicyclic) bond motifs is 1. The van der Waals surface area contributed by atoms with Gasteiger partial charge in [0.15, 0.2) is 0 Å². The number of nitrogens with zero attached hydrogens (tertiary/aromatic N) is 1. The van der Waals surface area contributed by atoms with Crippen LogP contribution in [0.4, 0.5) is 11.4 Å². The van der Waals surface area contributed by atoms with Gasteiger partial charge in [-0.3, -0.25) is 4.72 Å². The Morgan fingerprint density at radius 3 is 2.57 bits per heavy atom. The molecular formula is C17H19N3S. The van der Waals surface area contributed by atoms with Crippen molar-refractivity contribution in [2.45, 2.75) is 31.6 Å².